The molecule has 1 atom stereocenters. The van der Waals surface area contributed by atoms with E-state index in [-0.39, 0.29) is 5.92 Å². The van der Waals surface area contributed by atoms with Crippen LogP contribution in [0.4, 0.5) is 5.69 Å². The molecule has 2 rings (SSSR count). The van der Waals surface area contributed by atoms with Gasteiger partial charge in [0.25, 0.3) is 0 Å². The topological polar surface area (TPSA) is 42.1 Å². The van der Waals surface area contributed by atoms with Crippen LogP contribution >= 0.6 is 0 Å². The van der Waals surface area contributed by atoms with Crippen LogP contribution in [-0.2, 0) is 6.42 Å². The van der Waals surface area contributed by atoms with Crippen molar-refractivity contribution in [2.24, 2.45) is 5.73 Å². The quantitative estimate of drug-likeness (QED) is 0.848. The average Bonchev–Trinajstić information content (AvgIpc) is 2.56. The molecule has 0 saturated carbocycles. The maximum absolute atomic E-state index is 5.93. The lowest BCUT2D eigenvalue weighted by atomic mass is 9.95. The van der Waals surface area contributed by atoms with Crippen molar-refractivity contribution in [3.05, 3.63) is 59.9 Å². The van der Waals surface area contributed by atoms with Crippen molar-refractivity contribution >= 4 is 5.69 Å². The molecule has 0 aliphatic carbocycles. The van der Waals surface area contributed by atoms with E-state index in [1.807, 2.05) is 18.3 Å². The molecule has 3 nitrogen and oxygen atoms in total. The molecule has 1 unspecified atom stereocenters. The first-order valence-corrected chi connectivity index (χ1v) is 7.73. The van der Waals surface area contributed by atoms with E-state index in [2.05, 4.69) is 54.1 Å². The lowest BCUT2D eigenvalue weighted by Crippen LogP contribution is -2.21. The predicted octanol–water partition coefficient (Wildman–Crippen LogP) is 3.21. The Balaban J connectivity index is 2.08. The highest BCUT2D eigenvalue weighted by Gasteiger charge is 2.12. The molecule has 0 saturated heterocycles. The first-order valence-electron chi connectivity index (χ1n) is 7.73. The van der Waals surface area contributed by atoms with Gasteiger partial charge in [-0.05, 0) is 50.1 Å². The van der Waals surface area contributed by atoms with Crippen molar-refractivity contribution in [2.75, 3.05) is 24.5 Å². The van der Waals surface area contributed by atoms with Crippen molar-refractivity contribution in [2.45, 2.75) is 26.2 Å². The smallest absolute Gasteiger partial charge is 0.0450 e. The van der Waals surface area contributed by atoms with Crippen LogP contribution in [0.1, 0.15) is 31.0 Å². The predicted molar refractivity (Wildman–Crippen MR) is 89.7 cm³/mol. The molecule has 1 aromatic heterocycles. The third-order valence-corrected chi connectivity index (χ3v) is 3.94. The SMILES string of the molecule is CCN(CC)c1ccc(CC(CN)c2ccccn2)cc1. The van der Waals surface area contributed by atoms with Gasteiger partial charge in [0.2, 0.25) is 0 Å². The van der Waals surface area contributed by atoms with Gasteiger partial charge in [-0.2, -0.15) is 0 Å². The molecular formula is C18H25N3. The number of benzene rings is 1. The van der Waals surface area contributed by atoms with E-state index < -0.39 is 0 Å². The Morgan fingerprint density at radius 3 is 2.29 bits per heavy atom. The molecular weight excluding hydrogens is 258 g/mol. The largest absolute Gasteiger partial charge is 0.372 e. The second-order valence-corrected chi connectivity index (χ2v) is 5.23. The fraction of sp³-hybridized carbons (Fsp3) is 0.389. The summed E-state index contributed by atoms with van der Waals surface area (Å²) in [5.74, 6) is 0.283. The second kappa shape index (κ2) is 7.79. The summed E-state index contributed by atoms with van der Waals surface area (Å²) in [5.41, 5.74) is 9.60. The van der Waals surface area contributed by atoms with Crippen molar-refractivity contribution in [3.63, 3.8) is 0 Å². The van der Waals surface area contributed by atoms with Gasteiger partial charge in [-0.25, -0.2) is 0 Å². The van der Waals surface area contributed by atoms with Crippen molar-refractivity contribution in [3.8, 4) is 0 Å². The average molecular weight is 283 g/mol. The molecule has 3 heteroatoms. The van der Waals surface area contributed by atoms with Gasteiger partial charge < -0.3 is 10.6 Å². The van der Waals surface area contributed by atoms with Gasteiger partial charge in [-0.15, -0.1) is 0 Å². The highest BCUT2D eigenvalue weighted by atomic mass is 15.1. The Kier molecular flexibility index (Phi) is 5.76. The zero-order valence-electron chi connectivity index (χ0n) is 13.0. The minimum Gasteiger partial charge on any atom is -0.372 e. The number of hydrogen-bond acceptors (Lipinski definition) is 3. The van der Waals surface area contributed by atoms with Crippen molar-refractivity contribution in [1.82, 2.24) is 4.98 Å². The summed E-state index contributed by atoms with van der Waals surface area (Å²) in [4.78, 5) is 6.78. The zero-order chi connectivity index (χ0) is 15.1. The summed E-state index contributed by atoms with van der Waals surface area (Å²) < 4.78 is 0. The van der Waals surface area contributed by atoms with Crippen LogP contribution in [0.3, 0.4) is 0 Å². The van der Waals surface area contributed by atoms with E-state index >= 15 is 0 Å². The summed E-state index contributed by atoms with van der Waals surface area (Å²) in [7, 11) is 0. The summed E-state index contributed by atoms with van der Waals surface area (Å²) in [5, 5.41) is 0. The van der Waals surface area contributed by atoms with Gasteiger partial charge in [0, 0.05) is 43.1 Å². The summed E-state index contributed by atoms with van der Waals surface area (Å²) in [6.07, 6.45) is 2.77. The third-order valence-electron chi connectivity index (χ3n) is 3.94. The number of aromatic nitrogens is 1. The minimum atomic E-state index is 0.283. The molecule has 1 heterocycles. The molecule has 1 aromatic carbocycles. The molecule has 0 aliphatic rings. The standard InChI is InChI=1S/C18H25N3/c1-3-21(4-2)17-10-8-15(9-11-17)13-16(14-19)18-7-5-6-12-20-18/h5-12,16H,3-4,13-14,19H2,1-2H3. The first-order chi connectivity index (χ1) is 10.3. The first kappa shape index (κ1) is 15.5. The van der Waals surface area contributed by atoms with Gasteiger partial charge >= 0.3 is 0 Å². The van der Waals surface area contributed by atoms with Crippen LogP contribution in [0.15, 0.2) is 48.7 Å². The molecule has 2 N–H and O–H groups in total. The molecule has 0 aliphatic heterocycles. The summed E-state index contributed by atoms with van der Waals surface area (Å²) in [6, 6.07) is 14.8. The van der Waals surface area contributed by atoms with Gasteiger partial charge in [-0.1, -0.05) is 18.2 Å². The highest BCUT2D eigenvalue weighted by Crippen LogP contribution is 2.21. The maximum Gasteiger partial charge on any atom is 0.0450 e. The molecule has 21 heavy (non-hydrogen) atoms. The number of anilines is 1. The fourth-order valence-corrected chi connectivity index (χ4v) is 2.64. The van der Waals surface area contributed by atoms with Gasteiger partial charge in [-0.3, -0.25) is 4.98 Å². The highest BCUT2D eigenvalue weighted by molar-refractivity contribution is 5.47. The van der Waals surface area contributed by atoms with E-state index in [9.17, 15) is 0 Å². The molecule has 0 bridgehead atoms. The van der Waals surface area contributed by atoms with Crippen molar-refractivity contribution < 1.29 is 0 Å². The summed E-state index contributed by atoms with van der Waals surface area (Å²) >= 11 is 0. The molecule has 0 amide bonds. The van der Waals surface area contributed by atoms with Crippen LogP contribution < -0.4 is 10.6 Å². The number of rotatable bonds is 7. The molecule has 0 spiro atoms. The van der Waals surface area contributed by atoms with Gasteiger partial charge in [0.1, 0.15) is 0 Å². The van der Waals surface area contributed by atoms with E-state index in [0.717, 1.165) is 25.2 Å². The van der Waals surface area contributed by atoms with Gasteiger partial charge in [0.15, 0.2) is 0 Å². The Bertz CT molecular complexity index is 518. The van der Waals surface area contributed by atoms with E-state index in [0.29, 0.717) is 6.54 Å². The monoisotopic (exact) mass is 283 g/mol. The number of nitrogens with two attached hydrogens (primary N) is 1. The van der Waals surface area contributed by atoms with E-state index in [1.54, 1.807) is 0 Å². The van der Waals surface area contributed by atoms with Crippen LogP contribution in [0, 0.1) is 0 Å². The maximum atomic E-state index is 5.93. The van der Waals surface area contributed by atoms with Crippen LogP contribution in [0.5, 0.6) is 0 Å². The Morgan fingerprint density at radius 2 is 1.76 bits per heavy atom. The van der Waals surface area contributed by atoms with Crippen LogP contribution in [-0.4, -0.2) is 24.6 Å². The molecule has 0 fully saturated rings. The second-order valence-electron chi connectivity index (χ2n) is 5.23. The molecule has 2 aromatic rings. The van der Waals surface area contributed by atoms with E-state index in [1.165, 1.54) is 11.3 Å². The number of hydrogen-bond donors (Lipinski definition) is 1. The molecule has 0 radical (unpaired) electrons. The number of nitrogens with zero attached hydrogens (tertiary/aromatic N) is 2. The van der Waals surface area contributed by atoms with Crippen molar-refractivity contribution in [1.29, 1.82) is 0 Å². The fourth-order valence-electron chi connectivity index (χ4n) is 2.64. The summed E-state index contributed by atoms with van der Waals surface area (Å²) in [6.45, 7) is 7.06. The van der Waals surface area contributed by atoms with Crippen LogP contribution in [0.2, 0.25) is 0 Å². The molecule has 112 valence electrons. The van der Waals surface area contributed by atoms with Crippen LogP contribution in [0.25, 0.3) is 0 Å². The lowest BCUT2D eigenvalue weighted by Gasteiger charge is -2.21. The lowest BCUT2D eigenvalue weighted by molar-refractivity contribution is 0.672. The number of pyridine rings is 1. The van der Waals surface area contributed by atoms with E-state index in [4.69, 9.17) is 5.73 Å². The van der Waals surface area contributed by atoms with Gasteiger partial charge in [0.05, 0.1) is 0 Å². The minimum absolute atomic E-state index is 0.283. The third kappa shape index (κ3) is 4.05. The Labute approximate surface area is 127 Å². The Hall–Kier alpha value is -1.87. The normalized spacial score (nSPS) is 12.1. The Morgan fingerprint density at radius 1 is 1.05 bits per heavy atom. The zero-order valence-corrected chi connectivity index (χ0v) is 13.0.